The Labute approximate surface area is 135 Å². The van der Waals surface area contributed by atoms with Crippen LogP contribution in [0.25, 0.3) is 0 Å². The molecule has 6 nitrogen and oxygen atoms in total. The number of hydrogen-bond donors (Lipinski definition) is 2. The summed E-state index contributed by atoms with van der Waals surface area (Å²) in [6.45, 7) is 3.94. The number of hydrogen-bond acceptors (Lipinski definition) is 3. The molecule has 2 N–H and O–H groups in total. The van der Waals surface area contributed by atoms with Crippen molar-refractivity contribution in [1.82, 2.24) is 10.2 Å². The Morgan fingerprint density at radius 2 is 2.00 bits per heavy atom. The Bertz CT molecular complexity index is 588. The van der Waals surface area contributed by atoms with Crippen molar-refractivity contribution in [3.63, 3.8) is 0 Å². The van der Waals surface area contributed by atoms with E-state index in [0.29, 0.717) is 13.0 Å². The molecule has 0 bridgehead atoms. The molecule has 2 amide bonds. The molecular weight excluding hydrogens is 296 g/mol. The van der Waals surface area contributed by atoms with Crippen molar-refractivity contribution in [2.24, 2.45) is 5.92 Å². The first-order valence-electron chi connectivity index (χ1n) is 7.81. The van der Waals surface area contributed by atoms with Gasteiger partial charge in [0.2, 0.25) is 11.8 Å². The number of carbonyl (C=O) groups excluding carboxylic acids is 2. The minimum absolute atomic E-state index is 0.0788. The van der Waals surface area contributed by atoms with E-state index in [1.807, 2.05) is 37.3 Å². The highest BCUT2D eigenvalue weighted by Gasteiger charge is 2.37. The highest BCUT2D eigenvalue weighted by Crippen LogP contribution is 2.28. The van der Waals surface area contributed by atoms with E-state index in [1.165, 1.54) is 0 Å². The smallest absolute Gasteiger partial charge is 0.326 e. The lowest BCUT2D eigenvalue weighted by atomic mass is 10.1. The first-order valence-corrected chi connectivity index (χ1v) is 7.81. The largest absolute Gasteiger partial charge is 0.480 e. The van der Waals surface area contributed by atoms with Crippen LogP contribution in [0.1, 0.15) is 38.3 Å². The van der Waals surface area contributed by atoms with Gasteiger partial charge in [0.15, 0.2) is 0 Å². The van der Waals surface area contributed by atoms with E-state index in [-0.39, 0.29) is 24.3 Å². The lowest BCUT2D eigenvalue weighted by molar-refractivity contribution is -0.142. The molecule has 1 aromatic rings. The van der Waals surface area contributed by atoms with Crippen LogP contribution in [0.4, 0.5) is 0 Å². The molecule has 0 spiro atoms. The molecule has 2 rings (SSSR count). The van der Waals surface area contributed by atoms with Crippen LogP contribution in [-0.2, 0) is 14.4 Å². The quantitative estimate of drug-likeness (QED) is 0.833. The summed E-state index contributed by atoms with van der Waals surface area (Å²) < 4.78 is 0. The van der Waals surface area contributed by atoms with E-state index in [9.17, 15) is 14.4 Å². The first-order chi connectivity index (χ1) is 10.9. The fourth-order valence-corrected chi connectivity index (χ4v) is 2.82. The summed E-state index contributed by atoms with van der Waals surface area (Å²) >= 11 is 0. The molecule has 1 saturated heterocycles. The molecule has 1 heterocycles. The molecule has 1 fully saturated rings. The highest BCUT2D eigenvalue weighted by atomic mass is 16.4. The van der Waals surface area contributed by atoms with Gasteiger partial charge in [0, 0.05) is 13.0 Å². The zero-order valence-electron chi connectivity index (χ0n) is 13.4. The third kappa shape index (κ3) is 3.88. The Balaban J connectivity index is 2.02. The fraction of sp³-hybridized carbons (Fsp3) is 0.471. The van der Waals surface area contributed by atoms with Crippen molar-refractivity contribution in [2.45, 2.75) is 38.8 Å². The fourth-order valence-electron chi connectivity index (χ4n) is 2.82. The average Bonchev–Trinajstić information content (AvgIpc) is 2.94. The number of carboxylic acid groups (broad SMARTS) is 1. The number of benzene rings is 1. The molecule has 0 saturated carbocycles. The van der Waals surface area contributed by atoms with Crippen LogP contribution in [0, 0.1) is 5.92 Å². The molecule has 3 unspecified atom stereocenters. The molecule has 0 aliphatic carbocycles. The summed E-state index contributed by atoms with van der Waals surface area (Å²) in [5.41, 5.74) is 1.01. The second-order valence-electron chi connectivity index (χ2n) is 5.84. The van der Waals surface area contributed by atoms with E-state index >= 15 is 0 Å². The normalized spacial score (nSPS) is 20.2. The number of aliphatic carboxylic acids is 1. The van der Waals surface area contributed by atoms with Crippen molar-refractivity contribution in [3.05, 3.63) is 35.9 Å². The lowest BCUT2D eigenvalue weighted by Crippen LogP contribution is -2.43. The summed E-state index contributed by atoms with van der Waals surface area (Å²) in [6.07, 6.45) is 0.435. The van der Waals surface area contributed by atoms with E-state index in [1.54, 1.807) is 11.8 Å². The van der Waals surface area contributed by atoms with E-state index < -0.39 is 17.9 Å². The van der Waals surface area contributed by atoms with Crippen LogP contribution in [0.2, 0.25) is 0 Å². The summed E-state index contributed by atoms with van der Waals surface area (Å²) in [6, 6.07) is 8.62. The molecule has 1 aliphatic rings. The maximum atomic E-state index is 12.2. The lowest BCUT2D eigenvalue weighted by Gasteiger charge is -2.25. The monoisotopic (exact) mass is 318 g/mol. The number of amides is 2. The van der Waals surface area contributed by atoms with Crippen LogP contribution >= 0.6 is 0 Å². The number of likely N-dealkylation sites (tertiary alicyclic amines) is 1. The zero-order valence-corrected chi connectivity index (χ0v) is 13.4. The molecule has 3 atom stereocenters. The molecule has 0 radical (unpaired) electrons. The maximum absolute atomic E-state index is 12.2. The predicted molar refractivity (Wildman–Crippen MR) is 84.5 cm³/mol. The van der Waals surface area contributed by atoms with E-state index in [2.05, 4.69) is 5.32 Å². The molecule has 6 heteroatoms. The van der Waals surface area contributed by atoms with Crippen molar-refractivity contribution in [3.8, 4) is 0 Å². The SMILES string of the molecule is CCC(NC(=O)C1CC(=O)N(C(C)c2ccccc2)C1)C(=O)O. The maximum Gasteiger partial charge on any atom is 0.326 e. The Hall–Kier alpha value is -2.37. The second-order valence-corrected chi connectivity index (χ2v) is 5.84. The van der Waals surface area contributed by atoms with Gasteiger partial charge >= 0.3 is 5.97 Å². The van der Waals surface area contributed by atoms with Gasteiger partial charge in [0.1, 0.15) is 6.04 Å². The van der Waals surface area contributed by atoms with E-state index in [4.69, 9.17) is 5.11 Å². The second kappa shape index (κ2) is 7.26. The van der Waals surface area contributed by atoms with Gasteiger partial charge in [-0.05, 0) is 18.9 Å². The summed E-state index contributed by atoms with van der Waals surface area (Å²) in [5, 5.41) is 11.5. The van der Waals surface area contributed by atoms with Crippen LogP contribution < -0.4 is 5.32 Å². The van der Waals surface area contributed by atoms with Crippen LogP contribution in [-0.4, -0.2) is 40.4 Å². The molecule has 23 heavy (non-hydrogen) atoms. The van der Waals surface area contributed by atoms with Gasteiger partial charge in [0.05, 0.1) is 12.0 Å². The molecular formula is C17H22N2O4. The molecule has 0 aromatic heterocycles. The Morgan fingerprint density at radius 3 is 2.57 bits per heavy atom. The number of rotatable bonds is 6. The topological polar surface area (TPSA) is 86.7 Å². The standard InChI is InChI=1S/C17H22N2O4/c1-3-14(17(22)23)18-16(21)13-9-15(20)19(10-13)11(2)12-7-5-4-6-8-12/h4-8,11,13-14H,3,9-10H2,1-2H3,(H,18,21)(H,22,23). The van der Waals surface area contributed by atoms with E-state index in [0.717, 1.165) is 5.56 Å². The van der Waals surface area contributed by atoms with Gasteiger partial charge in [-0.25, -0.2) is 4.79 Å². The van der Waals surface area contributed by atoms with Gasteiger partial charge in [-0.3, -0.25) is 9.59 Å². The minimum Gasteiger partial charge on any atom is -0.480 e. The minimum atomic E-state index is -1.06. The van der Waals surface area contributed by atoms with Crippen molar-refractivity contribution in [1.29, 1.82) is 0 Å². The third-order valence-corrected chi connectivity index (χ3v) is 4.30. The predicted octanol–water partition coefficient (Wildman–Crippen LogP) is 1.58. The van der Waals surface area contributed by atoms with Crippen molar-refractivity contribution >= 4 is 17.8 Å². The molecule has 1 aliphatic heterocycles. The van der Waals surface area contributed by atoms with Crippen molar-refractivity contribution in [2.75, 3.05) is 6.54 Å². The number of carboxylic acids is 1. The zero-order chi connectivity index (χ0) is 17.0. The Morgan fingerprint density at radius 1 is 1.35 bits per heavy atom. The first kappa shape index (κ1) is 17.0. The van der Waals surface area contributed by atoms with Gasteiger partial charge in [-0.2, -0.15) is 0 Å². The number of nitrogens with zero attached hydrogens (tertiary/aromatic N) is 1. The van der Waals surface area contributed by atoms with Crippen LogP contribution in [0.3, 0.4) is 0 Å². The van der Waals surface area contributed by atoms with Gasteiger partial charge in [0.25, 0.3) is 0 Å². The van der Waals surface area contributed by atoms with Crippen LogP contribution in [0.5, 0.6) is 0 Å². The average molecular weight is 318 g/mol. The number of nitrogens with one attached hydrogen (secondary N) is 1. The summed E-state index contributed by atoms with van der Waals surface area (Å²) in [5.74, 6) is -2.00. The summed E-state index contributed by atoms with van der Waals surface area (Å²) in [7, 11) is 0. The third-order valence-electron chi connectivity index (χ3n) is 4.30. The van der Waals surface area contributed by atoms with Gasteiger partial charge in [-0.1, -0.05) is 37.3 Å². The molecule has 124 valence electrons. The van der Waals surface area contributed by atoms with Crippen LogP contribution in [0.15, 0.2) is 30.3 Å². The number of carbonyl (C=O) groups is 3. The highest BCUT2D eigenvalue weighted by molar-refractivity contribution is 5.91. The summed E-state index contributed by atoms with van der Waals surface area (Å²) in [4.78, 5) is 37.1. The Kier molecular flexibility index (Phi) is 5.36. The van der Waals surface area contributed by atoms with Crippen molar-refractivity contribution < 1.29 is 19.5 Å². The van der Waals surface area contributed by atoms with Gasteiger partial charge in [-0.15, -0.1) is 0 Å². The molecule has 1 aromatic carbocycles. The van der Waals surface area contributed by atoms with Gasteiger partial charge < -0.3 is 15.3 Å².